The van der Waals surface area contributed by atoms with Gasteiger partial charge < -0.3 is 0 Å². The summed E-state index contributed by atoms with van der Waals surface area (Å²) in [6.45, 7) is -3.13. The molecule has 0 bridgehead atoms. The Labute approximate surface area is 165 Å². The van der Waals surface area contributed by atoms with E-state index >= 15 is 0 Å². The summed E-state index contributed by atoms with van der Waals surface area (Å²) in [5, 5.41) is 3.96. The summed E-state index contributed by atoms with van der Waals surface area (Å²) >= 11 is 0. The van der Waals surface area contributed by atoms with Crippen LogP contribution >= 0.6 is 6.83 Å². The zero-order valence-corrected chi connectivity index (χ0v) is 16.3. The summed E-state index contributed by atoms with van der Waals surface area (Å²) in [6.07, 6.45) is 0. The second-order valence-corrected chi connectivity index (χ2v) is 10.9. The second-order valence-electron chi connectivity index (χ2n) is 6.58. The molecule has 4 aromatic rings. The molecule has 0 aliphatic carbocycles. The molecule has 4 aromatic carbocycles. The van der Waals surface area contributed by atoms with Crippen LogP contribution in [0, 0.1) is 0 Å². The van der Waals surface area contributed by atoms with Crippen LogP contribution in [0.2, 0.25) is 0 Å². The molecule has 0 radical (unpaired) electrons. The van der Waals surface area contributed by atoms with E-state index < -0.39 is 6.83 Å². The molecular weight excluding hydrogens is 363 g/mol. The molecule has 0 saturated heterocycles. The number of carbonyl (C=O) groups is 1. The molecule has 0 saturated carbocycles. The summed E-state index contributed by atoms with van der Waals surface area (Å²) in [4.78, 5) is 12.1. The van der Waals surface area contributed by atoms with Gasteiger partial charge in [0, 0.05) is 0 Å². The van der Waals surface area contributed by atoms with Crippen LogP contribution in [-0.2, 0) is 9.32 Å². The van der Waals surface area contributed by atoms with Crippen LogP contribution in [0.4, 0.5) is 0 Å². The van der Waals surface area contributed by atoms with Gasteiger partial charge in [0.1, 0.15) is 0 Å². The van der Waals surface area contributed by atoms with Gasteiger partial charge >= 0.3 is 165 Å². The van der Waals surface area contributed by atoms with Crippen LogP contribution in [0.1, 0.15) is 0 Å². The van der Waals surface area contributed by atoms with Crippen LogP contribution in [0.25, 0.3) is 0 Å². The van der Waals surface area contributed by atoms with Gasteiger partial charge in [-0.05, 0) is 0 Å². The molecular formula is C25H21O2P. The summed E-state index contributed by atoms with van der Waals surface area (Å²) in [5.74, 6) is 0. The number of hydrogen-bond donors (Lipinski definition) is 0. The average molecular weight is 384 g/mol. The minimum absolute atomic E-state index is 0.609. The number of benzene rings is 4. The molecule has 4 rings (SSSR count). The van der Waals surface area contributed by atoms with E-state index in [-0.39, 0.29) is 0 Å². The van der Waals surface area contributed by atoms with Crippen molar-refractivity contribution in [3.8, 4) is 0 Å². The van der Waals surface area contributed by atoms with E-state index in [2.05, 4.69) is 48.5 Å². The summed E-state index contributed by atoms with van der Waals surface area (Å²) in [5.41, 5.74) is 0. The number of rotatable bonds is 6. The number of carbonyl (C=O) groups excluding carboxylic acids is 1. The SMILES string of the molecule is O=COP(c1ccccc1)(c1ccccc1)(c1ccccc1)c1ccccc1. The Morgan fingerprint density at radius 3 is 0.929 bits per heavy atom. The van der Waals surface area contributed by atoms with Crippen molar-refractivity contribution in [1.29, 1.82) is 0 Å². The van der Waals surface area contributed by atoms with E-state index in [9.17, 15) is 4.79 Å². The summed E-state index contributed by atoms with van der Waals surface area (Å²) in [7, 11) is 0. The third kappa shape index (κ3) is 2.50. The molecule has 0 aromatic heterocycles. The second kappa shape index (κ2) is 7.42. The quantitative estimate of drug-likeness (QED) is 0.372. The van der Waals surface area contributed by atoms with Crippen molar-refractivity contribution in [2.45, 2.75) is 0 Å². The van der Waals surface area contributed by atoms with E-state index in [1.54, 1.807) is 0 Å². The summed E-state index contributed by atoms with van der Waals surface area (Å²) < 4.78 is 6.41. The predicted octanol–water partition coefficient (Wildman–Crippen LogP) is 3.93. The average Bonchev–Trinajstić information content (AvgIpc) is 2.80. The van der Waals surface area contributed by atoms with Crippen LogP contribution in [-0.4, -0.2) is 6.47 Å². The molecule has 0 fully saturated rings. The van der Waals surface area contributed by atoms with Crippen LogP contribution < -0.4 is 21.2 Å². The molecule has 0 amide bonds. The first-order valence-electron chi connectivity index (χ1n) is 9.19. The van der Waals surface area contributed by atoms with Gasteiger partial charge in [0.25, 0.3) is 0 Å². The molecule has 0 aliphatic heterocycles. The van der Waals surface area contributed by atoms with Gasteiger partial charge in [-0.15, -0.1) is 0 Å². The molecule has 3 heteroatoms. The molecule has 0 aliphatic rings. The van der Waals surface area contributed by atoms with Gasteiger partial charge in [-0.1, -0.05) is 0 Å². The predicted molar refractivity (Wildman–Crippen MR) is 118 cm³/mol. The Morgan fingerprint density at radius 1 is 0.464 bits per heavy atom. The zero-order chi connectivity index (χ0) is 19.3. The van der Waals surface area contributed by atoms with Gasteiger partial charge in [-0.25, -0.2) is 0 Å². The fourth-order valence-electron chi connectivity index (χ4n) is 4.07. The Kier molecular flexibility index (Phi) is 4.81. The minimum atomic E-state index is -3.74. The Bertz CT molecular complexity index is 879. The monoisotopic (exact) mass is 384 g/mol. The van der Waals surface area contributed by atoms with Gasteiger partial charge in [0.2, 0.25) is 0 Å². The fraction of sp³-hybridized carbons (Fsp3) is 0. The molecule has 2 nitrogen and oxygen atoms in total. The summed E-state index contributed by atoms with van der Waals surface area (Å²) in [6, 6.07) is 40.4. The maximum absolute atomic E-state index is 12.1. The third-order valence-corrected chi connectivity index (χ3v) is 10.9. The molecule has 138 valence electrons. The molecule has 0 spiro atoms. The van der Waals surface area contributed by atoms with Crippen molar-refractivity contribution in [3.63, 3.8) is 0 Å². The first-order chi connectivity index (χ1) is 13.8. The van der Waals surface area contributed by atoms with Gasteiger partial charge in [0.05, 0.1) is 0 Å². The topological polar surface area (TPSA) is 26.3 Å². The molecule has 0 atom stereocenters. The third-order valence-electron chi connectivity index (χ3n) is 5.25. The van der Waals surface area contributed by atoms with Crippen molar-refractivity contribution in [2.24, 2.45) is 0 Å². The van der Waals surface area contributed by atoms with Crippen molar-refractivity contribution >= 4 is 34.5 Å². The Balaban J connectivity index is 2.30. The molecule has 0 unspecified atom stereocenters. The van der Waals surface area contributed by atoms with Gasteiger partial charge in [-0.3, -0.25) is 0 Å². The van der Waals surface area contributed by atoms with Crippen molar-refractivity contribution in [3.05, 3.63) is 121 Å². The Morgan fingerprint density at radius 2 is 0.714 bits per heavy atom. The van der Waals surface area contributed by atoms with Crippen LogP contribution in [0.3, 0.4) is 0 Å². The van der Waals surface area contributed by atoms with E-state index in [1.807, 2.05) is 72.8 Å². The Hall–Kier alpha value is -3.22. The van der Waals surface area contributed by atoms with E-state index in [1.165, 1.54) is 0 Å². The standard InChI is InChI=1S/C25H21O2P/c26-21-27-28(22-13-5-1-6-14-22,23-15-7-2-8-16-23,24-17-9-3-10-18-24)25-19-11-4-12-20-25/h1-21H. The molecule has 28 heavy (non-hydrogen) atoms. The maximum atomic E-state index is 12.1. The van der Waals surface area contributed by atoms with E-state index in [0.717, 1.165) is 21.2 Å². The van der Waals surface area contributed by atoms with Crippen LogP contribution in [0.15, 0.2) is 121 Å². The van der Waals surface area contributed by atoms with Crippen molar-refractivity contribution < 1.29 is 9.32 Å². The van der Waals surface area contributed by atoms with Crippen molar-refractivity contribution in [2.75, 3.05) is 0 Å². The fourth-order valence-corrected chi connectivity index (χ4v) is 9.49. The van der Waals surface area contributed by atoms with Crippen molar-refractivity contribution in [1.82, 2.24) is 0 Å². The first-order valence-corrected chi connectivity index (χ1v) is 11.3. The first kappa shape index (κ1) is 18.2. The molecule has 0 N–H and O–H groups in total. The number of hydrogen-bond acceptors (Lipinski definition) is 2. The van der Waals surface area contributed by atoms with Gasteiger partial charge in [0.15, 0.2) is 0 Å². The van der Waals surface area contributed by atoms with Gasteiger partial charge in [-0.2, -0.15) is 0 Å². The zero-order valence-electron chi connectivity index (χ0n) is 15.4. The van der Waals surface area contributed by atoms with E-state index in [4.69, 9.17) is 4.52 Å². The normalized spacial score (nSPS) is 12.5. The molecule has 0 heterocycles. The van der Waals surface area contributed by atoms with Crippen LogP contribution in [0.5, 0.6) is 0 Å². The van der Waals surface area contributed by atoms with E-state index in [0.29, 0.717) is 6.47 Å².